The van der Waals surface area contributed by atoms with Gasteiger partial charge in [-0.05, 0) is 24.1 Å². The number of amides is 1. The van der Waals surface area contributed by atoms with Gasteiger partial charge in [-0.1, -0.05) is 37.0 Å². The minimum Gasteiger partial charge on any atom is -0.482 e. The molecule has 0 saturated heterocycles. The van der Waals surface area contributed by atoms with Gasteiger partial charge >= 0.3 is 0 Å². The second-order valence-electron chi connectivity index (χ2n) is 4.48. The zero-order chi connectivity index (χ0) is 14.4. The molecule has 0 aliphatic rings. The summed E-state index contributed by atoms with van der Waals surface area (Å²) < 4.78 is 5.26. The number of hydrogen-bond acceptors (Lipinski definition) is 3. The molecule has 19 heavy (non-hydrogen) atoms. The minimum absolute atomic E-state index is 0.0897. The lowest BCUT2D eigenvalue weighted by molar-refractivity contribution is -0.123. The summed E-state index contributed by atoms with van der Waals surface area (Å²) in [7, 11) is 0. The third-order valence-corrected chi connectivity index (χ3v) is 3.06. The number of carbonyl (C=O) groups excluding carboxylic acids is 1. The van der Waals surface area contributed by atoms with Gasteiger partial charge in [0.05, 0.1) is 11.1 Å². The van der Waals surface area contributed by atoms with Gasteiger partial charge in [-0.25, -0.2) is 0 Å². The number of nitrogens with one attached hydrogen (secondary N) is 1. The molecule has 1 amide bonds. The summed E-state index contributed by atoms with van der Waals surface area (Å²) in [4.78, 5) is 11.5. The van der Waals surface area contributed by atoms with E-state index in [-0.39, 0.29) is 25.0 Å². The van der Waals surface area contributed by atoms with Crippen molar-refractivity contribution in [3.8, 4) is 5.75 Å². The van der Waals surface area contributed by atoms with Crippen molar-refractivity contribution in [1.82, 2.24) is 5.32 Å². The fraction of sp³-hybridized carbons (Fsp3) is 0.462. The average molecular weight is 306 g/mol. The highest BCUT2D eigenvalue weighted by molar-refractivity contribution is 6.35. The van der Waals surface area contributed by atoms with Crippen LogP contribution in [-0.2, 0) is 4.79 Å². The molecular weight excluding hydrogens is 289 g/mol. The largest absolute Gasteiger partial charge is 0.482 e. The maximum atomic E-state index is 11.5. The van der Waals surface area contributed by atoms with Crippen LogP contribution in [0.25, 0.3) is 0 Å². The van der Waals surface area contributed by atoms with E-state index in [0.29, 0.717) is 15.8 Å². The molecule has 0 heterocycles. The first-order valence-electron chi connectivity index (χ1n) is 5.92. The molecular formula is C13H17Cl2NO3. The lowest BCUT2D eigenvalue weighted by atomic mass is 10.1. The van der Waals surface area contributed by atoms with Gasteiger partial charge in [0, 0.05) is 11.6 Å². The summed E-state index contributed by atoms with van der Waals surface area (Å²) in [5.41, 5.74) is 0. The molecule has 6 heteroatoms. The van der Waals surface area contributed by atoms with Gasteiger partial charge in [-0.15, -0.1) is 0 Å². The normalized spacial score (nSPS) is 12.3. The fourth-order valence-electron chi connectivity index (χ4n) is 1.24. The Labute approximate surface area is 122 Å². The summed E-state index contributed by atoms with van der Waals surface area (Å²) in [5.74, 6) is 0.170. The molecule has 0 fully saturated rings. The first-order chi connectivity index (χ1) is 8.90. The van der Waals surface area contributed by atoms with Gasteiger partial charge in [0.2, 0.25) is 0 Å². The smallest absolute Gasteiger partial charge is 0.258 e. The SMILES string of the molecule is CC(C)C(O)CNC(=O)COc1ccc(Cl)cc1Cl. The lowest BCUT2D eigenvalue weighted by Crippen LogP contribution is -2.37. The maximum Gasteiger partial charge on any atom is 0.258 e. The second-order valence-corrected chi connectivity index (χ2v) is 5.32. The van der Waals surface area contributed by atoms with E-state index in [1.165, 1.54) is 0 Å². The molecule has 1 rings (SSSR count). The third-order valence-electron chi connectivity index (χ3n) is 2.53. The third kappa shape index (κ3) is 5.68. The number of rotatable bonds is 6. The van der Waals surface area contributed by atoms with Gasteiger partial charge in [0.25, 0.3) is 5.91 Å². The second kappa shape index (κ2) is 7.58. The van der Waals surface area contributed by atoms with Crippen molar-refractivity contribution in [1.29, 1.82) is 0 Å². The predicted molar refractivity (Wildman–Crippen MR) is 75.8 cm³/mol. The van der Waals surface area contributed by atoms with Crippen LogP contribution in [0.4, 0.5) is 0 Å². The molecule has 0 radical (unpaired) electrons. The quantitative estimate of drug-likeness (QED) is 0.849. The Morgan fingerprint density at radius 3 is 2.68 bits per heavy atom. The standard InChI is InChI=1S/C13H17Cl2NO3/c1-8(2)11(17)6-16-13(18)7-19-12-4-3-9(14)5-10(12)15/h3-5,8,11,17H,6-7H2,1-2H3,(H,16,18). The molecule has 4 nitrogen and oxygen atoms in total. The summed E-state index contributed by atoms with van der Waals surface area (Å²) in [6.07, 6.45) is -0.567. The molecule has 0 bridgehead atoms. The van der Waals surface area contributed by atoms with Crippen molar-refractivity contribution < 1.29 is 14.6 Å². The Bertz CT molecular complexity index is 438. The van der Waals surface area contributed by atoms with Gasteiger partial charge in [-0.3, -0.25) is 4.79 Å². The highest BCUT2D eigenvalue weighted by atomic mass is 35.5. The van der Waals surface area contributed by atoms with Crippen LogP contribution in [0.3, 0.4) is 0 Å². The average Bonchev–Trinajstić information content (AvgIpc) is 2.34. The number of benzene rings is 1. The molecule has 1 unspecified atom stereocenters. The van der Waals surface area contributed by atoms with Crippen LogP contribution in [0.15, 0.2) is 18.2 Å². The van der Waals surface area contributed by atoms with Crippen molar-refractivity contribution in [2.45, 2.75) is 20.0 Å². The summed E-state index contributed by atoms with van der Waals surface area (Å²) >= 11 is 11.6. The van der Waals surface area contributed by atoms with E-state index < -0.39 is 6.10 Å². The fourth-order valence-corrected chi connectivity index (χ4v) is 1.70. The molecule has 0 aromatic heterocycles. The van der Waals surface area contributed by atoms with Crippen LogP contribution in [-0.4, -0.2) is 30.3 Å². The zero-order valence-corrected chi connectivity index (χ0v) is 12.3. The van der Waals surface area contributed by atoms with Crippen molar-refractivity contribution in [2.75, 3.05) is 13.2 Å². The highest BCUT2D eigenvalue weighted by Crippen LogP contribution is 2.27. The number of ether oxygens (including phenoxy) is 1. The predicted octanol–water partition coefficient (Wildman–Crippen LogP) is 2.51. The molecule has 1 atom stereocenters. The van der Waals surface area contributed by atoms with Gasteiger partial charge < -0.3 is 15.2 Å². The van der Waals surface area contributed by atoms with E-state index in [1.807, 2.05) is 13.8 Å². The lowest BCUT2D eigenvalue weighted by Gasteiger charge is -2.15. The Balaban J connectivity index is 2.38. The van der Waals surface area contributed by atoms with Crippen molar-refractivity contribution in [2.24, 2.45) is 5.92 Å². The molecule has 2 N–H and O–H groups in total. The molecule has 0 spiro atoms. The topological polar surface area (TPSA) is 58.6 Å². The van der Waals surface area contributed by atoms with E-state index in [4.69, 9.17) is 27.9 Å². The number of hydrogen-bond donors (Lipinski definition) is 2. The van der Waals surface area contributed by atoms with E-state index in [9.17, 15) is 9.90 Å². The van der Waals surface area contributed by atoms with E-state index in [0.717, 1.165) is 0 Å². The van der Waals surface area contributed by atoms with Crippen molar-refractivity contribution >= 4 is 29.1 Å². The van der Waals surface area contributed by atoms with Crippen LogP contribution < -0.4 is 10.1 Å². The van der Waals surface area contributed by atoms with Crippen LogP contribution in [0.1, 0.15) is 13.8 Å². The number of aliphatic hydroxyl groups is 1. The molecule has 106 valence electrons. The molecule has 0 saturated carbocycles. The summed E-state index contributed by atoms with van der Waals surface area (Å²) in [6.45, 7) is 3.79. The molecule has 0 aliphatic heterocycles. The minimum atomic E-state index is -0.567. The molecule has 0 aliphatic carbocycles. The maximum absolute atomic E-state index is 11.5. The van der Waals surface area contributed by atoms with Crippen LogP contribution >= 0.6 is 23.2 Å². The Kier molecular flexibility index (Phi) is 6.42. The first-order valence-corrected chi connectivity index (χ1v) is 6.68. The van der Waals surface area contributed by atoms with E-state index in [2.05, 4.69) is 5.32 Å². The Hall–Kier alpha value is -0.970. The van der Waals surface area contributed by atoms with Crippen LogP contribution in [0.2, 0.25) is 10.0 Å². The van der Waals surface area contributed by atoms with Gasteiger partial charge in [0.15, 0.2) is 6.61 Å². The van der Waals surface area contributed by atoms with Crippen molar-refractivity contribution in [3.05, 3.63) is 28.2 Å². The zero-order valence-electron chi connectivity index (χ0n) is 10.8. The number of halogens is 2. The van der Waals surface area contributed by atoms with Gasteiger partial charge in [-0.2, -0.15) is 0 Å². The van der Waals surface area contributed by atoms with Gasteiger partial charge in [0.1, 0.15) is 5.75 Å². The van der Waals surface area contributed by atoms with Crippen LogP contribution in [0, 0.1) is 5.92 Å². The highest BCUT2D eigenvalue weighted by Gasteiger charge is 2.11. The Morgan fingerprint density at radius 1 is 1.42 bits per heavy atom. The number of aliphatic hydroxyl groups excluding tert-OH is 1. The first kappa shape index (κ1) is 16.1. The monoisotopic (exact) mass is 305 g/mol. The Morgan fingerprint density at radius 2 is 2.11 bits per heavy atom. The molecule has 1 aromatic rings. The molecule has 1 aromatic carbocycles. The van der Waals surface area contributed by atoms with E-state index in [1.54, 1.807) is 18.2 Å². The van der Waals surface area contributed by atoms with E-state index >= 15 is 0 Å². The van der Waals surface area contributed by atoms with Crippen molar-refractivity contribution in [3.63, 3.8) is 0 Å². The van der Waals surface area contributed by atoms with Crippen LogP contribution in [0.5, 0.6) is 5.75 Å². The summed E-state index contributed by atoms with van der Waals surface area (Å²) in [5, 5.41) is 13.0. The summed E-state index contributed by atoms with van der Waals surface area (Å²) in [6, 6.07) is 4.77. The number of carbonyl (C=O) groups is 1.